The van der Waals surface area contributed by atoms with Gasteiger partial charge in [-0.15, -0.1) is 11.6 Å². The Morgan fingerprint density at radius 2 is 2.12 bits per heavy atom. The monoisotopic (exact) mass is 235 g/mol. The molecule has 2 rings (SSSR count). The molecule has 0 aliphatic carbocycles. The molecule has 1 aromatic heterocycles. The normalized spacial score (nSPS) is 10.1. The number of carbonyl (C=O) groups excluding carboxylic acids is 1. The van der Waals surface area contributed by atoms with Gasteiger partial charge in [0.05, 0.1) is 11.9 Å². The first-order valence-electron chi connectivity index (χ1n) is 4.76. The fraction of sp³-hybridized carbons (Fsp3) is 0.0909. The van der Waals surface area contributed by atoms with Gasteiger partial charge < -0.3 is 4.98 Å². The molecule has 0 unspecified atom stereocenters. The summed E-state index contributed by atoms with van der Waals surface area (Å²) in [7, 11) is 0. The fourth-order valence-corrected chi connectivity index (χ4v) is 1.38. The SMILES string of the molecule is O=C(CCl)Nc1ncc(-c2ccccc2)[nH]1. The summed E-state index contributed by atoms with van der Waals surface area (Å²) in [4.78, 5) is 18.1. The predicted octanol–water partition coefficient (Wildman–Crippen LogP) is 2.25. The zero-order valence-corrected chi connectivity index (χ0v) is 9.16. The van der Waals surface area contributed by atoms with Gasteiger partial charge in [-0.25, -0.2) is 4.98 Å². The number of aromatic amines is 1. The number of nitrogens with one attached hydrogen (secondary N) is 2. The zero-order chi connectivity index (χ0) is 11.4. The van der Waals surface area contributed by atoms with Gasteiger partial charge in [0.1, 0.15) is 5.88 Å². The first-order chi connectivity index (χ1) is 7.79. The zero-order valence-electron chi connectivity index (χ0n) is 8.40. The van der Waals surface area contributed by atoms with Crippen molar-refractivity contribution in [3.8, 4) is 11.3 Å². The molecule has 4 nitrogen and oxygen atoms in total. The summed E-state index contributed by atoms with van der Waals surface area (Å²) in [6.07, 6.45) is 1.67. The Bertz CT molecular complexity index is 481. The molecule has 0 spiro atoms. The molecule has 5 heteroatoms. The van der Waals surface area contributed by atoms with Crippen LogP contribution >= 0.6 is 11.6 Å². The average molecular weight is 236 g/mol. The number of amides is 1. The van der Waals surface area contributed by atoms with Crippen LogP contribution in [0.15, 0.2) is 36.5 Å². The third-order valence-electron chi connectivity index (χ3n) is 2.04. The van der Waals surface area contributed by atoms with E-state index in [2.05, 4.69) is 15.3 Å². The Morgan fingerprint density at radius 3 is 2.81 bits per heavy atom. The Balaban J connectivity index is 2.17. The minimum absolute atomic E-state index is 0.0820. The molecule has 2 N–H and O–H groups in total. The summed E-state index contributed by atoms with van der Waals surface area (Å²) in [6.45, 7) is 0. The van der Waals surface area contributed by atoms with Crippen molar-refractivity contribution >= 4 is 23.5 Å². The molecule has 0 fully saturated rings. The number of imidazole rings is 1. The molecule has 1 amide bonds. The van der Waals surface area contributed by atoms with Crippen molar-refractivity contribution in [2.45, 2.75) is 0 Å². The fourth-order valence-electron chi connectivity index (χ4n) is 1.31. The van der Waals surface area contributed by atoms with Crippen molar-refractivity contribution in [3.63, 3.8) is 0 Å². The van der Waals surface area contributed by atoms with Crippen LogP contribution in [0.2, 0.25) is 0 Å². The second-order valence-corrected chi connectivity index (χ2v) is 3.46. The van der Waals surface area contributed by atoms with E-state index in [1.807, 2.05) is 30.3 Å². The quantitative estimate of drug-likeness (QED) is 0.802. The van der Waals surface area contributed by atoms with Crippen LogP contribution in [0.25, 0.3) is 11.3 Å². The van der Waals surface area contributed by atoms with Crippen molar-refractivity contribution in [2.75, 3.05) is 11.2 Å². The van der Waals surface area contributed by atoms with Gasteiger partial charge in [0.15, 0.2) is 0 Å². The summed E-state index contributed by atoms with van der Waals surface area (Å²) < 4.78 is 0. The van der Waals surface area contributed by atoms with Crippen molar-refractivity contribution in [2.24, 2.45) is 0 Å². The highest BCUT2D eigenvalue weighted by molar-refractivity contribution is 6.28. The topological polar surface area (TPSA) is 57.8 Å². The van der Waals surface area contributed by atoms with E-state index in [9.17, 15) is 4.79 Å². The van der Waals surface area contributed by atoms with E-state index in [1.54, 1.807) is 6.20 Å². The second-order valence-electron chi connectivity index (χ2n) is 3.19. The summed E-state index contributed by atoms with van der Waals surface area (Å²) in [6, 6.07) is 9.73. The van der Waals surface area contributed by atoms with Gasteiger partial charge >= 0.3 is 0 Å². The Kier molecular flexibility index (Phi) is 3.22. The molecule has 0 saturated heterocycles. The number of anilines is 1. The lowest BCUT2D eigenvalue weighted by atomic mass is 10.2. The van der Waals surface area contributed by atoms with Crippen LogP contribution in [0.5, 0.6) is 0 Å². The Hall–Kier alpha value is -1.81. The number of hydrogen-bond acceptors (Lipinski definition) is 2. The molecular formula is C11H10ClN3O. The van der Waals surface area contributed by atoms with Gasteiger partial charge in [-0.1, -0.05) is 30.3 Å². The third kappa shape index (κ3) is 2.41. The minimum atomic E-state index is -0.282. The summed E-state index contributed by atoms with van der Waals surface area (Å²) in [5.41, 5.74) is 1.87. The van der Waals surface area contributed by atoms with E-state index in [0.717, 1.165) is 11.3 Å². The highest BCUT2D eigenvalue weighted by atomic mass is 35.5. The van der Waals surface area contributed by atoms with Crippen molar-refractivity contribution in [1.29, 1.82) is 0 Å². The molecule has 82 valence electrons. The van der Waals surface area contributed by atoms with Gasteiger partial charge in [0.2, 0.25) is 11.9 Å². The van der Waals surface area contributed by atoms with Gasteiger partial charge in [-0.2, -0.15) is 0 Å². The molecule has 0 atom stereocenters. The van der Waals surface area contributed by atoms with Crippen molar-refractivity contribution in [3.05, 3.63) is 36.5 Å². The smallest absolute Gasteiger partial charge is 0.241 e. The van der Waals surface area contributed by atoms with Gasteiger partial charge in [0, 0.05) is 0 Å². The van der Waals surface area contributed by atoms with Crippen LogP contribution in [0.4, 0.5) is 5.95 Å². The third-order valence-corrected chi connectivity index (χ3v) is 2.28. The maximum Gasteiger partial charge on any atom is 0.241 e. The lowest BCUT2D eigenvalue weighted by Gasteiger charge is -1.97. The first-order valence-corrected chi connectivity index (χ1v) is 5.29. The number of rotatable bonds is 3. The van der Waals surface area contributed by atoms with E-state index < -0.39 is 0 Å². The number of halogens is 1. The van der Waals surface area contributed by atoms with Gasteiger partial charge in [-0.3, -0.25) is 10.1 Å². The van der Waals surface area contributed by atoms with E-state index in [4.69, 9.17) is 11.6 Å². The molecule has 0 aliphatic rings. The Morgan fingerprint density at radius 1 is 1.38 bits per heavy atom. The number of aromatic nitrogens is 2. The number of carbonyl (C=O) groups is 1. The largest absolute Gasteiger partial charge is 0.324 e. The van der Waals surface area contributed by atoms with E-state index in [-0.39, 0.29) is 11.8 Å². The highest BCUT2D eigenvalue weighted by Crippen LogP contribution is 2.17. The molecule has 1 aromatic carbocycles. The van der Waals surface area contributed by atoms with E-state index in [0.29, 0.717) is 5.95 Å². The van der Waals surface area contributed by atoms with Crippen molar-refractivity contribution in [1.82, 2.24) is 9.97 Å². The molecule has 2 aromatic rings. The van der Waals surface area contributed by atoms with Crippen LogP contribution in [0, 0.1) is 0 Å². The number of hydrogen-bond donors (Lipinski definition) is 2. The van der Waals surface area contributed by atoms with Crippen LogP contribution in [0.1, 0.15) is 0 Å². The summed E-state index contributed by atoms with van der Waals surface area (Å²) in [5.74, 6) is 0.0431. The van der Waals surface area contributed by atoms with Crippen LogP contribution < -0.4 is 5.32 Å². The number of benzene rings is 1. The van der Waals surface area contributed by atoms with Gasteiger partial charge in [-0.05, 0) is 5.56 Å². The van der Waals surface area contributed by atoms with Crippen LogP contribution in [0.3, 0.4) is 0 Å². The lowest BCUT2D eigenvalue weighted by Crippen LogP contribution is -2.13. The molecule has 0 aliphatic heterocycles. The standard InChI is InChI=1S/C11H10ClN3O/c12-6-10(16)15-11-13-7-9(14-11)8-4-2-1-3-5-8/h1-5,7H,6H2,(H2,13,14,15,16). The minimum Gasteiger partial charge on any atom is -0.324 e. The molecule has 0 saturated carbocycles. The number of H-pyrrole nitrogens is 1. The lowest BCUT2D eigenvalue weighted by molar-refractivity contribution is -0.114. The predicted molar refractivity (Wildman–Crippen MR) is 63.4 cm³/mol. The second kappa shape index (κ2) is 4.81. The van der Waals surface area contributed by atoms with Crippen LogP contribution in [-0.4, -0.2) is 21.8 Å². The molecular weight excluding hydrogens is 226 g/mol. The average Bonchev–Trinajstić information content (AvgIpc) is 2.78. The Labute approximate surface area is 97.7 Å². The molecule has 0 bridgehead atoms. The summed E-state index contributed by atoms with van der Waals surface area (Å²) in [5, 5.41) is 2.54. The molecule has 1 heterocycles. The van der Waals surface area contributed by atoms with Gasteiger partial charge in [0.25, 0.3) is 0 Å². The van der Waals surface area contributed by atoms with E-state index >= 15 is 0 Å². The first kappa shape index (κ1) is 10.7. The molecule has 16 heavy (non-hydrogen) atoms. The molecule has 0 radical (unpaired) electrons. The van der Waals surface area contributed by atoms with Crippen molar-refractivity contribution < 1.29 is 4.79 Å². The maximum absolute atomic E-state index is 11.0. The van der Waals surface area contributed by atoms with E-state index in [1.165, 1.54) is 0 Å². The maximum atomic E-state index is 11.0. The number of nitrogens with zero attached hydrogens (tertiary/aromatic N) is 1. The van der Waals surface area contributed by atoms with Crippen LogP contribution in [-0.2, 0) is 4.79 Å². The highest BCUT2D eigenvalue weighted by Gasteiger charge is 2.05. The number of alkyl halides is 1. The summed E-state index contributed by atoms with van der Waals surface area (Å²) >= 11 is 5.37.